The number of amidine groups is 1. The number of rotatable bonds is 7. The van der Waals surface area contributed by atoms with Gasteiger partial charge in [-0.15, -0.1) is 0 Å². The van der Waals surface area contributed by atoms with Gasteiger partial charge in [0, 0.05) is 34.7 Å². The van der Waals surface area contributed by atoms with Crippen molar-refractivity contribution < 1.29 is 9.59 Å². The summed E-state index contributed by atoms with van der Waals surface area (Å²) >= 11 is 0. The van der Waals surface area contributed by atoms with Crippen LogP contribution in [0.5, 0.6) is 0 Å². The van der Waals surface area contributed by atoms with Crippen molar-refractivity contribution in [2.45, 2.75) is 50.5 Å². The Kier molecular flexibility index (Phi) is 7.12. The van der Waals surface area contributed by atoms with E-state index in [9.17, 15) is 9.59 Å². The number of carbonyl (C=O) groups excluding carboxylic acids is 2. The first-order valence-corrected chi connectivity index (χ1v) is 12.8. The fourth-order valence-corrected chi connectivity index (χ4v) is 4.93. The van der Waals surface area contributed by atoms with Crippen LogP contribution in [0.4, 0.5) is 11.4 Å². The van der Waals surface area contributed by atoms with Crippen LogP contribution in [0.25, 0.3) is 0 Å². The Morgan fingerprint density at radius 1 is 0.833 bits per heavy atom. The second-order valence-electron chi connectivity index (χ2n) is 9.78. The van der Waals surface area contributed by atoms with E-state index in [1.54, 1.807) is 12.1 Å². The molecule has 2 amide bonds. The molecule has 2 unspecified atom stereocenters. The van der Waals surface area contributed by atoms with E-state index in [2.05, 4.69) is 27.8 Å². The summed E-state index contributed by atoms with van der Waals surface area (Å²) in [5, 5.41) is 6.14. The molecule has 36 heavy (non-hydrogen) atoms. The third-order valence-corrected chi connectivity index (χ3v) is 7.12. The standard InChI is InChI=1S/C30H32N4O2/c31-28(21-14-16-24(17-15-21)33-29(35)22-10-5-2-6-11-22)32-25-13-7-12-23(18-25)30(36)34-27-19-26(27)20-8-3-1-4-9-20/h1,3-4,7-9,12-18,22,26-27H,2,5-6,10-11,19H2,(H2,31,32)(H,33,35)(H,34,36). The molecular formula is C30H32N4O2. The minimum absolute atomic E-state index is 0.0977. The lowest BCUT2D eigenvalue weighted by Gasteiger charge is -2.20. The van der Waals surface area contributed by atoms with Crippen molar-refractivity contribution in [1.82, 2.24) is 5.32 Å². The minimum Gasteiger partial charge on any atom is -0.383 e. The normalized spacial score (nSPS) is 19.9. The van der Waals surface area contributed by atoms with Crippen LogP contribution >= 0.6 is 0 Å². The molecule has 5 rings (SSSR count). The molecule has 184 valence electrons. The van der Waals surface area contributed by atoms with Crippen LogP contribution in [0.3, 0.4) is 0 Å². The Labute approximate surface area is 212 Å². The van der Waals surface area contributed by atoms with Crippen LogP contribution < -0.4 is 16.4 Å². The second-order valence-corrected chi connectivity index (χ2v) is 9.78. The molecule has 0 heterocycles. The summed E-state index contributed by atoms with van der Waals surface area (Å²) in [6.45, 7) is 0. The summed E-state index contributed by atoms with van der Waals surface area (Å²) in [6, 6.07) is 25.0. The summed E-state index contributed by atoms with van der Waals surface area (Å²) in [7, 11) is 0. The fourth-order valence-electron chi connectivity index (χ4n) is 4.93. The van der Waals surface area contributed by atoms with Gasteiger partial charge in [0.1, 0.15) is 5.84 Å². The van der Waals surface area contributed by atoms with Crippen molar-refractivity contribution in [3.8, 4) is 0 Å². The van der Waals surface area contributed by atoms with E-state index in [4.69, 9.17) is 5.73 Å². The highest BCUT2D eigenvalue weighted by Gasteiger charge is 2.39. The summed E-state index contributed by atoms with van der Waals surface area (Å²) in [6.07, 6.45) is 6.37. The molecule has 6 heteroatoms. The van der Waals surface area contributed by atoms with E-state index >= 15 is 0 Å². The maximum absolute atomic E-state index is 12.8. The number of carbonyl (C=O) groups is 2. The van der Waals surface area contributed by atoms with Crippen LogP contribution in [0.15, 0.2) is 83.9 Å². The number of amides is 2. The van der Waals surface area contributed by atoms with E-state index in [1.807, 2.05) is 54.6 Å². The highest BCUT2D eigenvalue weighted by Crippen LogP contribution is 2.40. The lowest BCUT2D eigenvalue weighted by molar-refractivity contribution is -0.120. The van der Waals surface area contributed by atoms with Gasteiger partial charge in [0.05, 0.1) is 5.69 Å². The molecule has 0 bridgehead atoms. The zero-order valence-electron chi connectivity index (χ0n) is 20.3. The third-order valence-electron chi connectivity index (χ3n) is 7.12. The van der Waals surface area contributed by atoms with Gasteiger partial charge in [-0.2, -0.15) is 0 Å². The van der Waals surface area contributed by atoms with Gasteiger partial charge in [-0.3, -0.25) is 9.59 Å². The number of anilines is 1. The number of nitrogens with two attached hydrogens (primary N) is 1. The summed E-state index contributed by atoms with van der Waals surface area (Å²) in [5.74, 6) is 0.831. The molecule has 2 atom stereocenters. The summed E-state index contributed by atoms with van der Waals surface area (Å²) < 4.78 is 0. The molecule has 0 saturated heterocycles. The third kappa shape index (κ3) is 5.82. The average Bonchev–Trinajstić information content (AvgIpc) is 3.69. The predicted octanol–water partition coefficient (Wildman–Crippen LogP) is 5.53. The van der Waals surface area contributed by atoms with Gasteiger partial charge in [0.2, 0.25) is 5.91 Å². The molecule has 2 saturated carbocycles. The number of hydrogen-bond acceptors (Lipinski definition) is 3. The van der Waals surface area contributed by atoms with Crippen molar-refractivity contribution in [3.63, 3.8) is 0 Å². The Morgan fingerprint density at radius 2 is 1.58 bits per heavy atom. The SMILES string of the molecule is N/C(=N\c1cccc(C(=O)NC2CC2c2ccccc2)c1)c1ccc(NC(=O)C2CCCCC2)cc1. The maximum atomic E-state index is 12.8. The number of nitrogens with one attached hydrogen (secondary N) is 2. The number of aliphatic imine (C=N–C) groups is 1. The molecule has 2 fully saturated rings. The van der Waals surface area contributed by atoms with E-state index in [1.165, 1.54) is 12.0 Å². The molecule has 0 radical (unpaired) electrons. The Morgan fingerprint density at radius 3 is 2.33 bits per heavy atom. The first kappa shape index (κ1) is 23.8. The van der Waals surface area contributed by atoms with Gasteiger partial charge in [-0.1, -0.05) is 55.7 Å². The summed E-state index contributed by atoms with van der Waals surface area (Å²) in [4.78, 5) is 29.8. The molecule has 3 aromatic carbocycles. The first-order chi connectivity index (χ1) is 17.6. The molecule has 3 aromatic rings. The van der Waals surface area contributed by atoms with Gasteiger partial charge in [0.25, 0.3) is 5.91 Å². The van der Waals surface area contributed by atoms with Crippen LogP contribution in [0.1, 0.15) is 65.9 Å². The van der Waals surface area contributed by atoms with Crippen molar-refractivity contribution >= 4 is 29.0 Å². The van der Waals surface area contributed by atoms with Gasteiger partial charge in [-0.25, -0.2) is 4.99 Å². The minimum atomic E-state index is -0.105. The Bertz CT molecular complexity index is 1250. The smallest absolute Gasteiger partial charge is 0.251 e. The van der Waals surface area contributed by atoms with Crippen molar-refractivity contribution in [2.24, 2.45) is 16.6 Å². The molecule has 0 spiro atoms. The molecular weight excluding hydrogens is 448 g/mol. The first-order valence-electron chi connectivity index (χ1n) is 12.8. The molecule has 0 aromatic heterocycles. The van der Waals surface area contributed by atoms with Crippen LogP contribution in [-0.4, -0.2) is 23.7 Å². The molecule has 6 nitrogen and oxygen atoms in total. The highest BCUT2D eigenvalue weighted by molar-refractivity contribution is 6.00. The summed E-state index contributed by atoms with van der Waals surface area (Å²) in [5.41, 5.74) is 10.2. The lowest BCUT2D eigenvalue weighted by atomic mass is 9.88. The molecule has 2 aliphatic carbocycles. The van der Waals surface area contributed by atoms with E-state index in [-0.39, 0.29) is 23.8 Å². The molecule has 4 N–H and O–H groups in total. The van der Waals surface area contributed by atoms with Gasteiger partial charge in [0.15, 0.2) is 0 Å². The zero-order valence-corrected chi connectivity index (χ0v) is 20.3. The van der Waals surface area contributed by atoms with Crippen molar-refractivity contribution in [1.29, 1.82) is 0 Å². The maximum Gasteiger partial charge on any atom is 0.251 e. The largest absolute Gasteiger partial charge is 0.383 e. The van der Waals surface area contributed by atoms with Gasteiger partial charge >= 0.3 is 0 Å². The van der Waals surface area contributed by atoms with Crippen molar-refractivity contribution in [2.75, 3.05) is 5.32 Å². The zero-order chi connectivity index (χ0) is 24.9. The second kappa shape index (κ2) is 10.8. The fraction of sp³-hybridized carbons (Fsp3) is 0.300. The van der Waals surface area contributed by atoms with Crippen LogP contribution in [0.2, 0.25) is 0 Å². The molecule has 0 aliphatic heterocycles. The number of hydrogen-bond donors (Lipinski definition) is 3. The Hall–Kier alpha value is -3.93. The van der Waals surface area contributed by atoms with Gasteiger partial charge in [-0.05, 0) is 67.3 Å². The van der Waals surface area contributed by atoms with Gasteiger partial charge < -0.3 is 16.4 Å². The average molecular weight is 481 g/mol. The van der Waals surface area contributed by atoms with Crippen LogP contribution in [-0.2, 0) is 4.79 Å². The van der Waals surface area contributed by atoms with Crippen LogP contribution in [0, 0.1) is 5.92 Å². The predicted molar refractivity (Wildman–Crippen MR) is 144 cm³/mol. The number of nitrogens with zero attached hydrogens (tertiary/aromatic N) is 1. The van der Waals surface area contributed by atoms with Crippen molar-refractivity contribution in [3.05, 3.63) is 95.6 Å². The lowest BCUT2D eigenvalue weighted by Crippen LogP contribution is -2.26. The topological polar surface area (TPSA) is 96.6 Å². The van der Waals surface area contributed by atoms with E-state index in [0.29, 0.717) is 23.0 Å². The quantitative estimate of drug-likeness (QED) is 0.306. The number of benzene rings is 3. The van der Waals surface area contributed by atoms with E-state index < -0.39 is 0 Å². The monoisotopic (exact) mass is 480 g/mol. The highest BCUT2D eigenvalue weighted by atomic mass is 16.2. The molecule has 2 aliphatic rings. The Balaban J connectivity index is 1.19. The van der Waals surface area contributed by atoms with E-state index in [0.717, 1.165) is 43.4 Å².